The van der Waals surface area contributed by atoms with Gasteiger partial charge in [0, 0.05) is 0 Å². The Morgan fingerprint density at radius 3 is 2.53 bits per heavy atom. The first-order valence-corrected chi connectivity index (χ1v) is 3.84. The van der Waals surface area contributed by atoms with Crippen molar-refractivity contribution >= 4 is 11.8 Å². The van der Waals surface area contributed by atoms with Crippen molar-refractivity contribution in [3.8, 4) is 0 Å². The first kappa shape index (κ1) is 11.3. The number of carboxylic acid groups (broad SMARTS) is 1. The summed E-state index contributed by atoms with van der Waals surface area (Å²) < 4.78 is 36.7. The summed E-state index contributed by atoms with van der Waals surface area (Å²) >= 11 is 0. The number of halogens is 3. The lowest BCUT2D eigenvalue weighted by Crippen LogP contribution is -2.11. The van der Waals surface area contributed by atoms with Gasteiger partial charge in [-0.2, -0.15) is 13.2 Å². The smallest absolute Gasteiger partial charge is 0.433 e. The summed E-state index contributed by atoms with van der Waals surface area (Å²) in [6.45, 7) is 0. The van der Waals surface area contributed by atoms with Crippen molar-refractivity contribution < 1.29 is 23.1 Å². The fourth-order valence-corrected chi connectivity index (χ4v) is 1.03. The molecule has 1 aromatic rings. The van der Waals surface area contributed by atoms with Crippen molar-refractivity contribution in [1.29, 1.82) is 0 Å². The van der Waals surface area contributed by atoms with E-state index in [0.717, 1.165) is 6.07 Å². The van der Waals surface area contributed by atoms with Gasteiger partial charge in [-0.15, -0.1) is 0 Å². The molecule has 1 aromatic heterocycles. The quantitative estimate of drug-likeness (QED) is 0.787. The van der Waals surface area contributed by atoms with Crippen LogP contribution in [-0.4, -0.2) is 16.1 Å². The van der Waals surface area contributed by atoms with E-state index in [1.54, 1.807) is 0 Å². The zero-order chi connectivity index (χ0) is 11.6. The summed E-state index contributed by atoms with van der Waals surface area (Å²) in [6, 6.07) is 1.77. The number of carboxylic acids is 1. The zero-order valence-electron chi connectivity index (χ0n) is 7.38. The number of nitrogens with zero attached hydrogens (tertiary/aromatic N) is 1. The minimum atomic E-state index is -4.62. The molecule has 0 fully saturated rings. The molecule has 0 aromatic carbocycles. The molecule has 0 aliphatic carbocycles. The molecule has 7 heteroatoms. The van der Waals surface area contributed by atoms with Crippen molar-refractivity contribution in [1.82, 2.24) is 4.98 Å². The largest absolute Gasteiger partial charge is 0.481 e. The molecular weight excluding hydrogens is 213 g/mol. The standard InChI is InChI=1S/C8H7F3N2O2/c9-8(10,11)5-1-4(3-7(14)15)2-6(12)13-5/h1-2H,3H2,(H2,12,13)(H,14,15). The molecule has 1 heterocycles. The van der Waals surface area contributed by atoms with Crippen LogP contribution in [0.3, 0.4) is 0 Å². The number of alkyl halides is 3. The van der Waals surface area contributed by atoms with Gasteiger partial charge in [0.25, 0.3) is 0 Å². The van der Waals surface area contributed by atoms with Gasteiger partial charge in [-0.3, -0.25) is 4.79 Å². The summed E-state index contributed by atoms with van der Waals surface area (Å²) in [5.41, 5.74) is 3.92. The number of anilines is 1. The second-order valence-electron chi connectivity index (χ2n) is 2.85. The van der Waals surface area contributed by atoms with E-state index in [-0.39, 0.29) is 11.4 Å². The normalized spacial score (nSPS) is 11.4. The number of nitrogens with two attached hydrogens (primary N) is 1. The molecule has 3 N–H and O–H groups in total. The van der Waals surface area contributed by atoms with E-state index >= 15 is 0 Å². The first-order chi connectivity index (χ1) is 6.79. The number of nitrogen functional groups attached to an aromatic ring is 1. The van der Waals surface area contributed by atoms with Gasteiger partial charge in [0.2, 0.25) is 0 Å². The number of rotatable bonds is 2. The summed E-state index contributed by atoms with van der Waals surface area (Å²) in [5, 5.41) is 8.41. The second kappa shape index (κ2) is 3.76. The average molecular weight is 220 g/mol. The van der Waals surface area contributed by atoms with E-state index in [2.05, 4.69) is 4.98 Å². The monoisotopic (exact) mass is 220 g/mol. The Morgan fingerprint density at radius 2 is 2.07 bits per heavy atom. The molecular formula is C8H7F3N2O2. The second-order valence-corrected chi connectivity index (χ2v) is 2.85. The summed E-state index contributed by atoms with van der Waals surface area (Å²) in [4.78, 5) is 13.4. The first-order valence-electron chi connectivity index (χ1n) is 3.84. The molecule has 0 unspecified atom stereocenters. The lowest BCUT2D eigenvalue weighted by atomic mass is 10.1. The van der Waals surface area contributed by atoms with Crippen molar-refractivity contribution in [2.24, 2.45) is 0 Å². The number of hydrogen-bond donors (Lipinski definition) is 2. The van der Waals surface area contributed by atoms with Gasteiger partial charge in [0.05, 0.1) is 6.42 Å². The van der Waals surface area contributed by atoms with Crippen molar-refractivity contribution in [3.63, 3.8) is 0 Å². The lowest BCUT2D eigenvalue weighted by Gasteiger charge is -2.08. The van der Waals surface area contributed by atoms with Crippen LogP contribution in [0.2, 0.25) is 0 Å². The molecule has 0 spiro atoms. The van der Waals surface area contributed by atoms with Gasteiger partial charge < -0.3 is 10.8 Å². The van der Waals surface area contributed by atoms with Crippen molar-refractivity contribution in [3.05, 3.63) is 23.4 Å². The van der Waals surface area contributed by atoms with E-state index in [4.69, 9.17) is 10.8 Å². The highest BCUT2D eigenvalue weighted by Gasteiger charge is 2.33. The highest BCUT2D eigenvalue weighted by molar-refractivity contribution is 5.70. The summed E-state index contributed by atoms with van der Waals surface area (Å²) in [7, 11) is 0. The molecule has 0 atom stereocenters. The maximum absolute atomic E-state index is 12.2. The number of aliphatic carboxylic acids is 1. The molecule has 15 heavy (non-hydrogen) atoms. The zero-order valence-corrected chi connectivity index (χ0v) is 7.38. The molecule has 0 bridgehead atoms. The number of pyridine rings is 1. The number of hydrogen-bond acceptors (Lipinski definition) is 3. The molecule has 0 aliphatic heterocycles. The number of aromatic nitrogens is 1. The molecule has 4 nitrogen and oxygen atoms in total. The molecule has 0 saturated carbocycles. The highest BCUT2D eigenvalue weighted by Crippen LogP contribution is 2.28. The Bertz CT molecular complexity index is 390. The van der Waals surface area contributed by atoms with Crippen LogP contribution in [-0.2, 0) is 17.4 Å². The van der Waals surface area contributed by atoms with Crippen LogP contribution in [0.1, 0.15) is 11.3 Å². The third-order valence-electron chi connectivity index (χ3n) is 1.55. The third kappa shape index (κ3) is 3.12. The minimum absolute atomic E-state index is 0.0256. The fourth-order valence-electron chi connectivity index (χ4n) is 1.03. The third-order valence-corrected chi connectivity index (χ3v) is 1.55. The Morgan fingerprint density at radius 1 is 1.47 bits per heavy atom. The Labute approximate surface area is 82.5 Å². The molecule has 0 amide bonds. The molecule has 82 valence electrons. The van der Waals surface area contributed by atoms with Crippen LogP contribution in [0.15, 0.2) is 12.1 Å². The maximum Gasteiger partial charge on any atom is 0.433 e. The van der Waals surface area contributed by atoms with E-state index < -0.39 is 24.3 Å². The van der Waals surface area contributed by atoms with Crippen LogP contribution >= 0.6 is 0 Å². The van der Waals surface area contributed by atoms with Gasteiger partial charge in [0.15, 0.2) is 0 Å². The SMILES string of the molecule is Nc1cc(CC(=O)O)cc(C(F)(F)F)n1. The predicted octanol–water partition coefficient (Wildman–Crippen LogP) is 1.31. The number of carbonyl (C=O) groups is 1. The van der Waals surface area contributed by atoms with E-state index in [1.165, 1.54) is 0 Å². The Hall–Kier alpha value is -1.79. The molecule has 1 rings (SSSR count). The van der Waals surface area contributed by atoms with E-state index in [9.17, 15) is 18.0 Å². The van der Waals surface area contributed by atoms with Crippen LogP contribution in [0.5, 0.6) is 0 Å². The van der Waals surface area contributed by atoms with E-state index in [0.29, 0.717) is 6.07 Å². The molecule has 0 aliphatic rings. The molecule has 0 radical (unpaired) electrons. The lowest BCUT2D eigenvalue weighted by molar-refractivity contribution is -0.141. The van der Waals surface area contributed by atoms with Crippen molar-refractivity contribution in [2.45, 2.75) is 12.6 Å². The van der Waals surface area contributed by atoms with Gasteiger partial charge >= 0.3 is 12.1 Å². The Kier molecular flexibility index (Phi) is 2.83. The van der Waals surface area contributed by atoms with Crippen LogP contribution in [0, 0.1) is 0 Å². The topological polar surface area (TPSA) is 76.2 Å². The summed E-state index contributed by atoms with van der Waals surface area (Å²) in [6.07, 6.45) is -5.14. The van der Waals surface area contributed by atoms with Gasteiger partial charge in [-0.05, 0) is 17.7 Å². The fraction of sp³-hybridized carbons (Fsp3) is 0.250. The van der Waals surface area contributed by atoms with Gasteiger partial charge in [-0.25, -0.2) is 4.98 Å². The highest BCUT2D eigenvalue weighted by atomic mass is 19.4. The van der Waals surface area contributed by atoms with E-state index in [1.807, 2.05) is 0 Å². The predicted molar refractivity (Wildman–Crippen MR) is 45.0 cm³/mol. The van der Waals surface area contributed by atoms with Crippen LogP contribution < -0.4 is 5.73 Å². The van der Waals surface area contributed by atoms with Crippen LogP contribution in [0.4, 0.5) is 19.0 Å². The molecule has 0 saturated heterocycles. The van der Waals surface area contributed by atoms with Crippen molar-refractivity contribution in [2.75, 3.05) is 5.73 Å². The van der Waals surface area contributed by atoms with Gasteiger partial charge in [-0.1, -0.05) is 0 Å². The Balaban J connectivity index is 3.11. The summed E-state index contributed by atoms with van der Waals surface area (Å²) in [5.74, 6) is -1.57. The van der Waals surface area contributed by atoms with Crippen LogP contribution in [0.25, 0.3) is 0 Å². The average Bonchev–Trinajstić information content (AvgIpc) is 1.99. The minimum Gasteiger partial charge on any atom is -0.481 e. The van der Waals surface area contributed by atoms with Gasteiger partial charge in [0.1, 0.15) is 11.5 Å². The maximum atomic E-state index is 12.2.